The summed E-state index contributed by atoms with van der Waals surface area (Å²) in [5, 5.41) is 20.5. The molecule has 0 heterocycles. The number of hydrogen-bond donors (Lipinski definition) is 1. The number of carbonyl (C=O) groups excluding carboxylic acids is 2. The molecule has 1 N–H and O–H groups in total. The van der Waals surface area contributed by atoms with Crippen molar-refractivity contribution in [2.45, 2.75) is 20.8 Å². The summed E-state index contributed by atoms with van der Waals surface area (Å²) in [5.74, 6) is 0.0659. The van der Waals surface area contributed by atoms with E-state index < -0.39 is 22.2 Å². The maximum absolute atomic E-state index is 10.3. The van der Waals surface area contributed by atoms with Crippen LogP contribution in [0.4, 0.5) is 0 Å². The molecule has 7 heteroatoms. The van der Waals surface area contributed by atoms with Crippen molar-refractivity contribution in [3.05, 3.63) is 35.4 Å². The van der Waals surface area contributed by atoms with Gasteiger partial charge in [0.05, 0.1) is 11.9 Å². The van der Waals surface area contributed by atoms with Crippen LogP contribution in [0.2, 0.25) is 0 Å². The van der Waals surface area contributed by atoms with E-state index in [0.717, 1.165) is 23.3 Å². The quantitative estimate of drug-likeness (QED) is 0.788. The zero-order chi connectivity index (χ0) is 15.8. The van der Waals surface area contributed by atoms with Gasteiger partial charge in [-0.3, -0.25) is 0 Å². The summed E-state index contributed by atoms with van der Waals surface area (Å²) in [6.45, 7) is 6.17. The van der Waals surface area contributed by atoms with E-state index in [0.29, 0.717) is 0 Å². The van der Waals surface area contributed by atoms with E-state index >= 15 is 0 Å². The fraction of sp³-hybridized carbons (Fsp3) is 0.429. The summed E-state index contributed by atoms with van der Waals surface area (Å²) in [5.41, 5.74) is -0.339. The van der Waals surface area contributed by atoms with Crippen LogP contribution < -0.4 is 10.2 Å². The average Bonchev–Trinajstić information content (AvgIpc) is 2.47. The molecule has 5 nitrogen and oxygen atoms in total. The van der Waals surface area contributed by atoms with Gasteiger partial charge in [0.2, 0.25) is 0 Å². The first kappa shape index (κ1) is 22.5. The zero-order valence-electron chi connectivity index (χ0n) is 12.6. The summed E-state index contributed by atoms with van der Waals surface area (Å²) < 4.78 is 9.52. The van der Waals surface area contributed by atoms with E-state index in [2.05, 4.69) is 20.8 Å². The maximum atomic E-state index is 10.3. The third kappa shape index (κ3) is 8.30. The molecule has 0 amide bonds. The Morgan fingerprint density at radius 3 is 1.52 bits per heavy atom. The molecule has 0 spiro atoms. The molecule has 1 aromatic carbocycles. The third-order valence-electron chi connectivity index (χ3n) is 2.95. The Hall–Kier alpha value is -0.764. The van der Waals surface area contributed by atoms with E-state index in [9.17, 15) is 24.4 Å². The van der Waals surface area contributed by atoms with Gasteiger partial charge in [-0.25, -0.2) is 0 Å². The van der Waals surface area contributed by atoms with Crippen LogP contribution in [0.3, 0.4) is 0 Å². The molecule has 0 unspecified atom stereocenters. The topological polar surface area (TPSA) is 100 Å². The van der Waals surface area contributed by atoms with Crippen LogP contribution in [-0.2, 0) is 0 Å². The summed E-state index contributed by atoms with van der Waals surface area (Å²) >= 11 is 0. The van der Waals surface area contributed by atoms with Gasteiger partial charge in [-0.15, -0.1) is 10.3 Å². The minimum Gasteiger partial charge on any atom is -0.545 e. The molecule has 0 saturated heterocycles. The molecule has 0 aliphatic heterocycles. The molecule has 114 valence electrons. The predicted molar refractivity (Wildman–Crippen MR) is 82.7 cm³/mol. The number of rotatable bonds is 5. The average molecular weight is 325 g/mol. The summed E-state index contributed by atoms with van der Waals surface area (Å²) in [7, 11) is -1.15. The van der Waals surface area contributed by atoms with Crippen molar-refractivity contribution in [1.82, 2.24) is 0 Å². The van der Waals surface area contributed by atoms with Gasteiger partial charge < -0.3 is 24.4 Å². The van der Waals surface area contributed by atoms with Gasteiger partial charge in [-0.05, 0) is 34.5 Å². The van der Waals surface area contributed by atoms with Crippen molar-refractivity contribution in [3.63, 3.8) is 0 Å². The Morgan fingerprint density at radius 2 is 1.33 bits per heavy atom. The van der Waals surface area contributed by atoms with Gasteiger partial charge >= 0.3 is 23.1 Å². The molecule has 0 aromatic heterocycles. The Morgan fingerprint density at radius 1 is 1.00 bits per heavy atom. The second-order valence-electron chi connectivity index (χ2n) is 4.02. The van der Waals surface area contributed by atoms with E-state index in [1.165, 1.54) is 18.2 Å². The van der Waals surface area contributed by atoms with Crippen molar-refractivity contribution in [2.75, 3.05) is 17.3 Å². The minimum absolute atomic E-state index is 0. The molecule has 0 bridgehead atoms. The van der Waals surface area contributed by atoms with Gasteiger partial charge in [0.25, 0.3) is 0 Å². The first-order valence-electron chi connectivity index (χ1n) is 6.31. The Labute approximate surface area is 143 Å². The van der Waals surface area contributed by atoms with Gasteiger partial charge in [0.1, 0.15) is 0 Å². The summed E-state index contributed by atoms with van der Waals surface area (Å²) in [6, 6.07) is 4.81. The number of hydrogen-bond acceptors (Lipinski definition) is 5. The standard InChI is InChI=1S/C8H6O4.C6H16OS.Mg/c9-7(10)5-2-1-3-6(4-5)8(11)12;1-4-8(7,5-2)6-3;/h1-4H,(H,9,10)(H,11,12);7H,4-6H2,1-3H3;/q;;+2/p-2. The van der Waals surface area contributed by atoms with Gasteiger partial charge in [0.15, 0.2) is 0 Å². The van der Waals surface area contributed by atoms with Crippen LogP contribution in [0.15, 0.2) is 24.3 Å². The van der Waals surface area contributed by atoms with Gasteiger partial charge in [0, 0.05) is 0 Å². The molecule has 0 radical (unpaired) electrons. The second-order valence-corrected chi connectivity index (χ2v) is 7.75. The molecule has 1 rings (SSSR count). The largest absolute Gasteiger partial charge is 2.00 e. The van der Waals surface area contributed by atoms with E-state index in [4.69, 9.17) is 0 Å². The van der Waals surface area contributed by atoms with Crippen LogP contribution >= 0.6 is 10.3 Å². The van der Waals surface area contributed by atoms with Crippen molar-refractivity contribution >= 4 is 45.3 Å². The van der Waals surface area contributed by atoms with Crippen molar-refractivity contribution < 1.29 is 24.4 Å². The number of carboxylic acids is 2. The van der Waals surface area contributed by atoms with Gasteiger partial charge in [-0.1, -0.05) is 39.0 Å². The van der Waals surface area contributed by atoms with Crippen molar-refractivity contribution in [3.8, 4) is 0 Å². The van der Waals surface area contributed by atoms with Crippen molar-refractivity contribution in [1.29, 1.82) is 0 Å². The van der Waals surface area contributed by atoms with Crippen LogP contribution in [0, 0.1) is 0 Å². The number of aromatic carboxylic acids is 2. The molecule has 0 aliphatic carbocycles. The SMILES string of the molecule is CCS(O)(CC)CC.O=C([O-])c1cccc(C(=O)[O-])c1.[Mg+2]. The van der Waals surface area contributed by atoms with E-state index in [1.807, 2.05) is 0 Å². The molecule has 21 heavy (non-hydrogen) atoms. The number of benzene rings is 1. The predicted octanol–water partition coefficient (Wildman–Crippen LogP) is 0.357. The first-order valence-corrected chi connectivity index (χ1v) is 8.40. The van der Waals surface area contributed by atoms with Crippen molar-refractivity contribution in [2.24, 2.45) is 0 Å². The van der Waals surface area contributed by atoms with E-state index in [-0.39, 0.29) is 34.2 Å². The zero-order valence-corrected chi connectivity index (χ0v) is 14.9. The van der Waals surface area contributed by atoms with Crippen LogP contribution in [0.1, 0.15) is 41.5 Å². The Bertz CT molecular complexity index is 423. The minimum atomic E-state index is -1.40. The molecule has 0 fully saturated rings. The molecule has 0 atom stereocenters. The smallest absolute Gasteiger partial charge is 0.545 e. The second kappa shape index (κ2) is 10.9. The van der Waals surface area contributed by atoms with Crippen LogP contribution in [0.25, 0.3) is 0 Å². The summed E-state index contributed by atoms with van der Waals surface area (Å²) in [6.07, 6.45) is 0. The Balaban J connectivity index is 0. The maximum Gasteiger partial charge on any atom is 2.00 e. The monoisotopic (exact) mass is 324 g/mol. The molecular weight excluding hydrogens is 305 g/mol. The Kier molecular flexibility index (Phi) is 11.7. The normalized spacial score (nSPS) is 10.7. The first-order chi connectivity index (χ1) is 9.29. The number of carbonyl (C=O) groups is 2. The van der Waals surface area contributed by atoms with E-state index in [1.54, 1.807) is 0 Å². The third-order valence-corrected chi connectivity index (χ3v) is 6.17. The van der Waals surface area contributed by atoms with Crippen LogP contribution in [0.5, 0.6) is 0 Å². The molecule has 0 saturated carbocycles. The fourth-order valence-electron chi connectivity index (χ4n) is 1.39. The number of carboxylic acid groups (broad SMARTS) is 2. The molecule has 0 aliphatic rings. The fourth-order valence-corrected chi connectivity index (χ4v) is 2.61. The van der Waals surface area contributed by atoms with Gasteiger partial charge in [-0.2, -0.15) is 0 Å². The van der Waals surface area contributed by atoms with Crippen LogP contribution in [-0.4, -0.2) is 56.8 Å². The molecule has 1 aromatic rings. The summed E-state index contributed by atoms with van der Waals surface area (Å²) in [4.78, 5) is 20.5. The molecular formula is C14H20MgO5S.